The third kappa shape index (κ3) is 2.35. The average Bonchev–Trinajstić information content (AvgIpc) is 2.64. The van der Waals surface area contributed by atoms with Crippen LogP contribution >= 0.6 is 0 Å². The van der Waals surface area contributed by atoms with Crippen molar-refractivity contribution in [2.75, 3.05) is 13.1 Å². The molecule has 0 aromatic carbocycles. The lowest BCUT2D eigenvalue weighted by Gasteiger charge is -2.48. The van der Waals surface area contributed by atoms with E-state index in [0.29, 0.717) is 0 Å². The van der Waals surface area contributed by atoms with Gasteiger partial charge in [-0.1, -0.05) is 20.8 Å². The smallest absolute Gasteiger partial charge is 0.0892 e. The van der Waals surface area contributed by atoms with E-state index in [1.807, 2.05) is 0 Å². The summed E-state index contributed by atoms with van der Waals surface area (Å²) in [5.74, 6) is 2.67. The molecule has 1 heteroatoms. The van der Waals surface area contributed by atoms with Crippen molar-refractivity contribution < 1.29 is 4.48 Å². The van der Waals surface area contributed by atoms with Crippen LogP contribution < -0.4 is 0 Å². The Kier molecular flexibility index (Phi) is 4.41. The molecule has 106 valence electrons. The molecule has 2 saturated heterocycles. The fourth-order valence-electron chi connectivity index (χ4n) is 4.92. The third-order valence-electron chi connectivity index (χ3n) is 6.79. The standard InChI is InChI=1S/C17H34N/c1-13-12-14(2)18(10-8-6-7-9-11-18)17(5)16(4)15(13)3/h13-17H,6-12H2,1-5H3/q+1. The lowest BCUT2D eigenvalue weighted by Crippen LogP contribution is -2.61. The van der Waals surface area contributed by atoms with E-state index in [0.717, 1.165) is 29.8 Å². The molecular weight excluding hydrogens is 218 g/mol. The SMILES string of the molecule is CC1CC(C)[N+]2(CCCCCC2)C(C)C(C)C1C. The summed E-state index contributed by atoms with van der Waals surface area (Å²) in [4.78, 5) is 0. The summed E-state index contributed by atoms with van der Waals surface area (Å²) in [6.45, 7) is 15.5. The van der Waals surface area contributed by atoms with Crippen molar-refractivity contribution in [3.05, 3.63) is 0 Å². The van der Waals surface area contributed by atoms with Gasteiger partial charge in [0.15, 0.2) is 0 Å². The maximum absolute atomic E-state index is 2.56. The Hall–Kier alpha value is -0.0400. The van der Waals surface area contributed by atoms with Gasteiger partial charge in [0.05, 0.1) is 25.2 Å². The van der Waals surface area contributed by atoms with E-state index in [4.69, 9.17) is 0 Å². The average molecular weight is 252 g/mol. The van der Waals surface area contributed by atoms with Gasteiger partial charge in [-0.05, 0) is 51.4 Å². The molecule has 0 aromatic heterocycles. The summed E-state index contributed by atoms with van der Waals surface area (Å²) in [6, 6.07) is 1.73. The molecule has 2 heterocycles. The van der Waals surface area contributed by atoms with Gasteiger partial charge in [-0.15, -0.1) is 0 Å². The number of hydrogen-bond donors (Lipinski definition) is 0. The van der Waals surface area contributed by atoms with Crippen molar-refractivity contribution in [3.8, 4) is 0 Å². The van der Waals surface area contributed by atoms with Gasteiger partial charge in [0.1, 0.15) is 0 Å². The molecule has 0 aliphatic carbocycles. The van der Waals surface area contributed by atoms with Crippen molar-refractivity contribution in [2.45, 2.75) is 78.8 Å². The largest absolute Gasteiger partial charge is 0.319 e. The summed E-state index contributed by atoms with van der Waals surface area (Å²) in [6.07, 6.45) is 7.31. The van der Waals surface area contributed by atoms with E-state index in [9.17, 15) is 0 Å². The predicted molar refractivity (Wildman–Crippen MR) is 79.5 cm³/mol. The number of rotatable bonds is 0. The molecule has 0 bridgehead atoms. The first-order valence-electron chi connectivity index (χ1n) is 8.35. The second kappa shape index (κ2) is 5.53. The van der Waals surface area contributed by atoms with Gasteiger partial charge in [0.2, 0.25) is 0 Å². The van der Waals surface area contributed by atoms with Gasteiger partial charge >= 0.3 is 0 Å². The van der Waals surface area contributed by atoms with Crippen LogP contribution in [0.1, 0.15) is 66.7 Å². The Morgan fingerprint density at radius 1 is 0.722 bits per heavy atom. The molecule has 0 saturated carbocycles. The maximum atomic E-state index is 2.56. The molecule has 2 aliphatic rings. The van der Waals surface area contributed by atoms with Crippen LogP contribution in [0.25, 0.3) is 0 Å². The zero-order valence-electron chi connectivity index (χ0n) is 13.3. The number of hydrogen-bond acceptors (Lipinski definition) is 0. The molecule has 0 amide bonds. The Morgan fingerprint density at radius 2 is 1.28 bits per heavy atom. The molecule has 1 nitrogen and oxygen atoms in total. The van der Waals surface area contributed by atoms with Crippen LogP contribution in [0.3, 0.4) is 0 Å². The fraction of sp³-hybridized carbons (Fsp3) is 1.00. The first-order valence-corrected chi connectivity index (χ1v) is 8.35. The highest BCUT2D eigenvalue weighted by molar-refractivity contribution is 4.81. The second-order valence-electron chi connectivity index (χ2n) is 7.49. The molecule has 5 atom stereocenters. The molecule has 2 aliphatic heterocycles. The van der Waals surface area contributed by atoms with Crippen molar-refractivity contribution in [1.82, 2.24) is 0 Å². The monoisotopic (exact) mass is 252 g/mol. The molecule has 0 aromatic rings. The molecular formula is C17H34N+. The van der Waals surface area contributed by atoms with Crippen LogP contribution in [0.5, 0.6) is 0 Å². The highest BCUT2D eigenvalue weighted by Gasteiger charge is 2.47. The summed E-state index contributed by atoms with van der Waals surface area (Å²) >= 11 is 0. The molecule has 2 rings (SSSR count). The lowest BCUT2D eigenvalue weighted by molar-refractivity contribution is -0.972. The van der Waals surface area contributed by atoms with Crippen molar-refractivity contribution in [3.63, 3.8) is 0 Å². The van der Waals surface area contributed by atoms with Crippen molar-refractivity contribution in [2.24, 2.45) is 17.8 Å². The first kappa shape index (κ1) is 14.4. The van der Waals surface area contributed by atoms with Gasteiger partial charge < -0.3 is 4.48 Å². The third-order valence-corrected chi connectivity index (χ3v) is 6.79. The van der Waals surface area contributed by atoms with E-state index in [1.165, 1.54) is 49.7 Å². The number of quaternary nitrogens is 1. The maximum Gasteiger partial charge on any atom is 0.0892 e. The highest BCUT2D eigenvalue weighted by Crippen LogP contribution is 2.41. The van der Waals surface area contributed by atoms with Gasteiger partial charge in [0, 0.05) is 12.3 Å². The Labute approximate surface area is 115 Å². The molecule has 1 spiro atoms. The van der Waals surface area contributed by atoms with Crippen molar-refractivity contribution >= 4 is 0 Å². The summed E-state index contributed by atoms with van der Waals surface area (Å²) in [7, 11) is 0. The summed E-state index contributed by atoms with van der Waals surface area (Å²) in [5.41, 5.74) is 0. The Morgan fingerprint density at radius 3 is 1.83 bits per heavy atom. The van der Waals surface area contributed by atoms with Gasteiger partial charge in [-0.25, -0.2) is 0 Å². The molecule has 18 heavy (non-hydrogen) atoms. The van der Waals surface area contributed by atoms with E-state index in [1.54, 1.807) is 0 Å². The molecule has 2 fully saturated rings. The van der Waals surface area contributed by atoms with Crippen LogP contribution in [0, 0.1) is 17.8 Å². The minimum absolute atomic E-state index is 0.859. The predicted octanol–water partition coefficient (Wildman–Crippen LogP) is 4.47. The Balaban J connectivity index is 2.30. The fourth-order valence-corrected chi connectivity index (χ4v) is 4.92. The minimum atomic E-state index is 0.859. The first-order chi connectivity index (χ1) is 8.49. The van der Waals surface area contributed by atoms with Crippen LogP contribution in [0.15, 0.2) is 0 Å². The van der Waals surface area contributed by atoms with Gasteiger partial charge in [-0.3, -0.25) is 0 Å². The van der Waals surface area contributed by atoms with Gasteiger partial charge in [-0.2, -0.15) is 0 Å². The molecule has 0 N–H and O–H groups in total. The summed E-state index contributed by atoms with van der Waals surface area (Å²) < 4.78 is 1.44. The molecule has 0 radical (unpaired) electrons. The van der Waals surface area contributed by atoms with E-state index < -0.39 is 0 Å². The van der Waals surface area contributed by atoms with Crippen LogP contribution in [0.2, 0.25) is 0 Å². The lowest BCUT2D eigenvalue weighted by atomic mass is 9.81. The summed E-state index contributed by atoms with van der Waals surface area (Å²) in [5, 5.41) is 0. The minimum Gasteiger partial charge on any atom is -0.319 e. The van der Waals surface area contributed by atoms with Crippen molar-refractivity contribution in [1.29, 1.82) is 0 Å². The topological polar surface area (TPSA) is 0 Å². The quantitative estimate of drug-likeness (QED) is 0.558. The second-order valence-corrected chi connectivity index (χ2v) is 7.49. The zero-order valence-corrected chi connectivity index (χ0v) is 13.3. The van der Waals surface area contributed by atoms with E-state index in [-0.39, 0.29) is 0 Å². The zero-order chi connectivity index (χ0) is 13.3. The van der Waals surface area contributed by atoms with Crippen LogP contribution in [-0.4, -0.2) is 29.7 Å². The van der Waals surface area contributed by atoms with Crippen LogP contribution in [-0.2, 0) is 0 Å². The molecule has 5 unspecified atom stereocenters. The Bertz CT molecular complexity index is 265. The van der Waals surface area contributed by atoms with E-state index in [2.05, 4.69) is 34.6 Å². The highest BCUT2D eigenvalue weighted by atomic mass is 15.4. The van der Waals surface area contributed by atoms with E-state index >= 15 is 0 Å². The normalized spacial score (nSPS) is 45.5. The van der Waals surface area contributed by atoms with Gasteiger partial charge in [0.25, 0.3) is 0 Å². The number of nitrogens with zero attached hydrogens (tertiary/aromatic N) is 1. The van der Waals surface area contributed by atoms with Crippen LogP contribution in [0.4, 0.5) is 0 Å².